The maximum atomic E-state index is 11.2. The summed E-state index contributed by atoms with van der Waals surface area (Å²) in [5.74, 6) is -2.87. The number of phenolic OH excluding ortho intramolecular Hbond substituents is 1. The number of phenols is 1. The second kappa shape index (κ2) is 18.9. The molecule has 0 bridgehead atoms. The zero-order chi connectivity index (χ0) is 26.7. The lowest BCUT2D eigenvalue weighted by molar-refractivity contribution is -0.138. The van der Waals surface area contributed by atoms with E-state index in [2.05, 4.69) is 17.9 Å². The maximum Gasteiger partial charge on any atom is 0.322 e. The smallest absolute Gasteiger partial charge is 0.322 e. The lowest BCUT2D eigenvalue weighted by atomic mass is 10.2. The molecule has 188 valence electrons. The van der Waals surface area contributed by atoms with E-state index in [0.29, 0.717) is 11.3 Å². The normalized spacial score (nSPS) is 10.9. The summed E-state index contributed by atoms with van der Waals surface area (Å²) in [5.41, 5.74) is 11.4. The van der Waals surface area contributed by atoms with Crippen LogP contribution in [0.4, 0.5) is 0 Å². The molecule has 11 nitrogen and oxygen atoms in total. The van der Waals surface area contributed by atoms with Gasteiger partial charge in [-0.1, -0.05) is 35.9 Å². The minimum absolute atomic E-state index is 0.190. The Bertz CT molecular complexity index is 856. The number of carbonyl (C=O) groups is 4. The lowest BCUT2D eigenvalue weighted by Gasteiger charge is -2.00. The Morgan fingerprint density at radius 2 is 1.38 bits per heavy atom. The number of carboxylic acids is 3. The number of carboxylic acid groups (broad SMARTS) is 3. The molecule has 1 amide bonds. The van der Waals surface area contributed by atoms with Crippen molar-refractivity contribution in [3.05, 3.63) is 65.7 Å². The van der Waals surface area contributed by atoms with Gasteiger partial charge in [-0.3, -0.25) is 19.2 Å². The van der Waals surface area contributed by atoms with Crippen LogP contribution in [0.15, 0.2) is 54.6 Å². The van der Waals surface area contributed by atoms with E-state index in [1.165, 1.54) is 12.5 Å². The van der Waals surface area contributed by atoms with Crippen LogP contribution >= 0.6 is 12.6 Å². The Labute approximate surface area is 202 Å². The van der Waals surface area contributed by atoms with Crippen molar-refractivity contribution in [2.45, 2.75) is 25.9 Å². The Balaban J connectivity index is 0. The summed E-state index contributed by atoms with van der Waals surface area (Å²) in [5, 5.41) is 35.2. The van der Waals surface area contributed by atoms with Gasteiger partial charge in [0.25, 0.3) is 5.91 Å². The molecule has 0 spiro atoms. The number of aromatic hydroxyl groups is 1. The van der Waals surface area contributed by atoms with Crippen LogP contribution in [0.25, 0.3) is 0 Å². The van der Waals surface area contributed by atoms with Gasteiger partial charge in [0, 0.05) is 11.3 Å². The molecular formula is C22H31N3O8S. The molecule has 0 aliphatic rings. The van der Waals surface area contributed by atoms with Crippen LogP contribution in [0.5, 0.6) is 5.75 Å². The number of aliphatic carboxylic acids is 3. The van der Waals surface area contributed by atoms with Gasteiger partial charge in [0.05, 0.1) is 0 Å². The number of amides is 1. The first-order valence-corrected chi connectivity index (χ1v) is 10.3. The number of hydrogen-bond donors (Lipinski definition) is 8. The van der Waals surface area contributed by atoms with E-state index in [1.54, 1.807) is 42.5 Å². The summed E-state index contributed by atoms with van der Waals surface area (Å²) >= 11 is 3.65. The highest BCUT2D eigenvalue weighted by Crippen LogP contribution is 2.07. The summed E-state index contributed by atoms with van der Waals surface area (Å²) in [6, 6.07) is 14.0. The van der Waals surface area contributed by atoms with Crippen LogP contribution in [0, 0.1) is 6.92 Å². The maximum absolute atomic E-state index is 11.2. The van der Waals surface area contributed by atoms with E-state index in [1.807, 2.05) is 19.1 Å². The first kappa shape index (κ1) is 32.6. The zero-order valence-corrected chi connectivity index (χ0v) is 19.7. The average molecular weight is 498 g/mol. The second-order valence-electron chi connectivity index (χ2n) is 6.53. The highest BCUT2D eigenvalue weighted by atomic mass is 32.1. The molecule has 2 atom stereocenters. The van der Waals surface area contributed by atoms with Crippen LogP contribution in [0.3, 0.4) is 0 Å². The van der Waals surface area contributed by atoms with Crippen molar-refractivity contribution in [1.29, 1.82) is 0 Å². The number of aryl methyl sites for hydroxylation is 1. The molecular weight excluding hydrogens is 466 g/mol. The minimum atomic E-state index is -1.05. The van der Waals surface area contributed by atoms with Crippen molar-refractivity contribution in [1.82, 2.24) is 5.32 Å². The molecule has 0 aliphatic carbocycles. The van der Waals surface area contributed by atoms with Gasteiger partial charge < -0.3 is 37.2 Å². The fourth-order valence-electron chi connectivity index (χ4n) is 1.47. The molecule has 0 saturated heterocycles. The first-order valence-electron chi connectivity index (χ1n) is 9.70. The Morgan fingerprint density at radius 1 is 0.912 bits per heavy atom. The molecule has 0 aliphatic heterocycles. The largest absolute Gasteiger partial charge is 0.508 e. The molecule has 34 heavy (non-hydrogen) atoms. The molecule has 0 heterocycles. The number of nitrogens with one attached hydrogen (secondary N) is 1. The van der Waals surface area contributed by atoms with E-state index < -0.39 is 30.0 Å². The third-order valence-corrected chi connectivity index (χ3v) is 3.77. The molecule has 2 aromatic rings. The van der Waals surface area contributed by atoms with Gasteiger partial charge in [-0.15, -0.1) is 0 Å². The fourth-order valence-corrected chi connectivity index (χ4v) is 1.63. The van der Waals surface area contributed by atoms with Crippen LogP contribution in [-0.2, 0) is 14.4 Å². The third kappa shape index (κ3) is 19.1. The van der Waals surface area contributed by atoms with Gasteiger partial charge in [0.15, 0.2) is 0 Å². The van der Waals surface area contributed by atoms with E-state index in [9.17, 15) is 19.2 Å². The topological polar surface area (TPSA) is 213 Å². The van der Waals surface area contributed by atoms with Crippen LogP contribution in [0.2, 0.25) is 0 Å². The number of thiol groups is 1. The van der Waals surface area contributed by atoms with E-state index in [4.69, 9.17) is 31.9 Å². The highest BCUT2D eigenvalue weighted by Gasteiger charge is 2.06. The summed E-state index contributed by atoms with van der Waals surface area (Å²) < 4.78 is 0. The van der Waals surface area contributed by atoms with Crippen molar-refractivity contribution in [3.8, 4) is 5.75 Å². The standard InChI is InChI=1S/C9H9NO3.C7H8O.C3H7NO2S.C3H7NO2/c11-8(12)6-10-9(13)7-4-2-1-3-5-7;1-6-2-4-7(8)5-3-6;4-2(1-7)3(5)6;1-2(4)3(5)6/h1-5H,6H2,(H,10,13)(H,11,12);2-5,8H,1H3;2,7H,1,4H2,(H,5,6);2H,4H2,1H3,(H,5,6). The highest BCUT2D eigenvalue weighted by molar-refractivity contribution is 7.80. The van der Waals surface area contributed by atoms with Crippen molar-refractivity contribution in [2.75, 3.05) is 12.3 Å². The number of benzene rings is 2. The average Bonchev–Trinajstić information content (AvgIpc) is 2.80. The van der Waals surface area contributed by atoms with Crippen molar-refractivity contribution < 1.29 is 39.6 Å². The monoisotopic (exact) mass is 497 g/mol. The van der Waals surface area contributed by atoms with Gasteiger partial charge >= 0.3 is 17.9 Å². The molecule has 2 rings (SSSR count). The summed E-state index contributed by atoms with van der Waals surface area (Å²) in [6.07, 6.45) is 0. The molecule has 12 heteroatoms. The Hall–Kier alpha value is -3.61. The van der Waals surface area contributed by atoms with Crippen LogP contribution in [-0.4, -0.2) is 68.6 Å². The molecule has 0 radical (unpaired) electrons. The van der Waals surface area contributed by atoms with E-state index in [-0.39, 0.29) is 18.2 Å². The molecule has 0 aromatic heterocycles. The Morgan fingerprint density at radius 3 is 1.68 bits per heavy atom. The predicted octanol–water partition coefficient (Wildman–Crippen LogP) is 0.948. The van der Waals surface area contributed by atoms with Gasteiger partial charge in [0.2, 0.25) is 0 Å². The third-order valence-electron chi connectivity index (χ3n) is 3.37. The van der Waals surface area contributed by atoms with Gasteiger partial charge in [-0.25, -0.2) is 0 Å². The summed E-state index contributed by atoms with van der Waals surface area (Å²) in [6.45, 7) is 3.05. The number of rotatable bonds is 6. The number of carbonyl (C=O) groups excluding carboxylic acids is 1. The van der Waals surface area contributed by atoms with Crippen LogP contribution < -0.4 is 16.8 Å². The number of nitrogens with two attached hydrogens (primary N) is 2. The zero-order valence-electron chi connectivity index (χ0n) is 18.8. The fraction of sp³-hybridized carbons (Fsp3) is 0.273. The predicted molar refractivity (Wildman–Crippen MR) is 130 cm³/mol. The van der Waals surface area contributed by atoms with Gasteiger partial charge in [-0.05, 0) is 38.1 Å². The van der Waals surface area contributed by atoms with E-state index >= 15 is 0 Å². The molecule has 9 N–H and O–H groups in total. The van der Waals surface area contributed by atoms with Crippen molar-refractivity contribution in [2.24, 2.45) is 11.5 Å². The summed E-state index contributed by atoms with van der Waals surface area (Å²) in [7, 11) is 0. The first-order chi connectivity index (χ1) is 15.8. The quantitative estimate of drug-likeness (QED) is 0.264. The van der Waals surface area contributed by atoms with Crippen LogP contribution in [0.1, 0.15) is 22.8 Å². The minimum Gasteiger partial charge on any atom is -0.508 e. The second-order valence-corrected chi connectivity index (χ2v) is 6.90. The van der Waals surface area contributed by atoms with E-state index in [0.717, 1.165) is 0 Å². The SMILES string of the molecule is CC(N)C(=O)O.Cc1ccc(O)cc1.NC(CS)C(=O)O.O=C(O)CNC(=O)c1ccccc1. The molecule has 2 aromatic carbocycles. The molecule has 0 fully saturated rings. The lowest BCUT2D eigenvalue weighted by Crippen LogP contribution is -2.31. The van der Waals surface area contributed by atoms with Crippen molar-refractivity contribution >= 4 is 36.4 Å². The summed E-state index contributed by atoms with van der Waals surface area (Å²) in [4.78, 5) is 40.6. The van der Waals surface area contributed by atoms with Crippen molar-refractivity contribution in [3.63, 3.8) is 0 Å². The Kier molecular flexibility index (Phi) is 18.1. The molecule has 2 unspecified atom stereocenters. The number of hydrogen-bond acceptors (Lipinski definition) is 8. The van der Waals surface area contributed by atoms with Gasteiger partial charge in [0.1, 0.15) is 24.4 Å². The van der Waals surface area contributed by atoms with Gasteiger partial charge in [-0.2, -0.15) is 12.6 Å². The molecule has 0 saturated carbocycles.